The maximum Gasteiger partial charge on any atom is 0.267 e. The lowest BCUT2D eigenvalue weighted by Crippen LogP contribution is -2.13. The van der Waals surface area contributed by atoms with Gasteiger partial charge in [-0.25, -0.2) is 13.2 Å². The van der Waals surface area contributed by atoms with Gasteiger partial charge in [-0.15, -0.1) is 0 Å². The normalized spacial score (nSPS) is 19.8. The first kappa shape index (κ1) is 20.8. The summed E-state index contributed by atoms with van der Waals surface area (Å²) in [6, 6.07) is 10.7. The molecule has 1 saturated carbocycles. The Hall–Kier alpha value is -1.97. The van der Waals surface area contributed by atoms with E-state index in [9.17, 15) is 13.2 Å². The molecule has 4 heteroatoms. The Morgan fingerprint density at radius 3 is 2.21 bits per heavy atom. The Labute approximate surface area is 165 Å². The van der Waals surface area contributed by atoms with Crippen LogP contribution in [-0.2, 0) is 0 Å². The lowest BCUT2D eigenvalue weighted by atomic mass is 9.77. The second-order valence-electron chi connectivity index (χ2n) is 7.70. The number of hydrogen-bond acceptors (Lipinski definition) is 1. The summed E-state index contributed by atoms with van der Waals surface area (Å²) in [6.45, 7) is 4.17. The number of benzene rings is 2. The first-order valence-corrected chi connectivity index (χ1v) is 10.4. The maximum absolute atomic E-state index is 14.5. The van der Waals surface area contributed by atoms with E-state index in [-0.39, 0.29) is 17.9 Å². The second-order valence-corrected chi connectivity index (χ2v) is 7.70. The molecule has 1 fully saturated rings. The van der Waals surface area contributed by atoms with Crippen LogP contribution in [0.1, 0.15) is 75.8 Å². The molecule has 0 amide bonds. The van der Waals surface area contributed by atoms with Crippen molar-refractivity contribution in [2.45, 2.75) is 64.7 Å². The summed E-state index contributed by atoms with van der Waals surface area (Å²) in [5.74, 6) is 0.296. The highest BCUT2D eigenvalue weighted by molar-refractivity contribution is 5.69. The van der Waals surface area contributed by atoms with Gasteiger partial charge in [0.15, 0.2) is 11.6 Å². The average Bonchev–Trinajstić information content (AvgIpc) is 2.70. The van der Waals surface area contributed by atoms with Crippen molar-refractivity contribution in [3.63, 3.8) is 0 Å². The predicted octanol–water partition coefficient (Wildman–Crippen LogP) is 7.90. The third-order valence-corrected chi connectivity index (χ3v) is 5.90. The lowest BCUT2D eigenvalue weighted by molar-refractivity contribution is 0.145. The van der Waals surface area contributed by atoms with Crippen LogP contribution in [-0.4, -0.2) is 6.61 Å². The van der Waals surface area contributed by atoms with Gasteiger partial charge in [0.1, 0.15) is 0 Å². The molecular weight excluding hydrogens is 361 g/mol. The number of rotatable bonds is 7. The molecule has 0 radical (unpaired) electrons. The molecule has 2 aromatic rings. The van der Waals surface area contributed by atoms with Crippen LogP contribution in [0.15, 0.2) is 36.4 Å². The van der Waals surface area contributed by atoms with Gasteiger partial charge in [0.2, 0.25) is 0 Å². The van der Waals surface area contributed by atoms with E-state index in [4.69, 9.17) is 4.74 Å². The van der Waals surface area contributed by atoms with E-state index in [1.54, 1.807) is 6.92 Å². The van der Waals surface area contributed by atoms with Crippen molar-refractivity contribution in [1.29, 1.82) is 0 Å². The molecule has 0 atom stereocenters. The number of ether oxygens (including phenoxy) is 1. The van der Waals surface area contributed by atoms with Crippen molar-refractivity contribution in [3.05, 3.63) is 53.3 Å². The minimum absolute atomic E-state index is 0.123. The van der Waals surface area contributed by atoms with Gasteiger partial charge in [-0.05, 0) is 73.3 Å². The topological polar surface area (TPSA) is 9.23 Å². The number of alkyl halides is 2. The van der Waals surface area contributed by atoms with Crippen LogP contribution in [0.2, 0.25) is 0 Å². The molecule has 0 aliphatic heterocycles. The van der Waals surface area contributed by atoms with Crippen LogP contribution < -0.4 is 4.74 Å². The molecule has 1 nitrogen and oxygen atoms in total. The SMILES string of the molecule is CCCC1CCC(c2ccc(-c3ccc(OCC)c(F)c3C(F)F)cc2)CC1. The first-order valence-electron chi connectivity index (χ1n) is 10.4. The highest BCUT2D eigenvalue weighted by atomic mass is 19.3. The Morgan fingerprint density at radius 1 is 0.964 bits per heavy atom. The minimum atomic E-state index is -2.90. The summed E-state index contributed by atoms with van der Waals surface area (Å²) in [5.41, 5.74) is 1.51. The fourth-order valence-corrected chi connectivity index (χ4v) is 4.43. The summed E-state index contributed by atoms with van der Waals surface area (Å²) in [4.78, 5) is 0. The van der Waals surface area contributed by atoms with Crippen molar-refractivity contribution in [2.75, 3.05) is 6.61 Å². The zero-order valence-electron chi connectivity index (χ0n) is 16.7. The van der Waals surface area contributed by atoms with Crippen LogP contribution in [0, 0.1) is 11.7 Å². The van der Waals surface area contributed by atoms with Crippen molar-refractivity contribution in [2.24, 2.45) is 5.92 Å². The van der Waals surface area contributed by atoms with Gasteiger partial charge < -0.3 is 4.74 Å². The minimum Gasteiger partial charge on any atom is -0.491 e. The van der Waals surface area contributed by atoms with Crippen LogP contribution in [0.4, 0.5) is 13.2 Å². The summed E-state index contributed by atoms with van der Waals surface area (Å²) < 4.78 is 46.8. The summed E-state index contributed by atoms with van der Waals surface area (Å²) in [7, 11) is 0. The van der Waals surface area contributed by atoms with E-state index >= 15 is 0 Å². The molecular formula is C24H29F3O. The van der Waals surface area contributed by atoms with E-state index in [1.165, 1.54) is 56.2 Å². The van der Waals surface area contributed by atoms with Gasteiger partial charge in [0.05, 0.1) is 12.2 Å². The van der Waals surface area contributed by atoms with Crippen LogP contribution in [0.5, 0.6) is 5.75 Å². The molecule has 1 aliphatic carbocycles. The van der Waals surface area contributed by atoms with Crippen molar-refractivity contribution < 1.29 is 17.9 Å². The van der Waals surface area contributed by atoms with Gasteiger partial charge in [-0.1, -0.05) is 44.0 Å². The first-order chi connectivity index (χ1) is 13.5. The molecule has 0 spiro atoms. The standard InChI is InChI=1S/C24H29F3O/c1-3-5-16-6-8-17(9-7-16)18-10-12-19(13-11-18)20-14-15-21(28-4-2)23(25)22(20)24(26)27/h10-17,24H,3-9H2,1-2H3. The molecule has 152 valence electrons. The lowest BCUT2D eigenvalue weighted by Gasteiger charge is -2.28. The van der Waals surface area contributed by atoms with Crippen molar-refractivity contribution >= 4 is 0 Å². The Balaban J connectivity index is 1.81. The van der Waals surface area contributed by atoms with E-state index in [0.717, 1.165) is 5.92 Å². The quantitative estimate of drug-likeness (QED) is 0.467. The van der Waals surface area contributed by atoms with E-state index in [1.807, 2.05) is 24.3 Å². The smallest absolute Gasteiger partial charge is 0.267 e. The van der Waals surface area contributed by atoms with Gasteiger partial charge in [-0.2, -0.15) is 0 Å². The number of halogens is 3. The molecule has 0 unspecified atom stereocenters. The molecule has 0 heterocycles. The van der Waals surface area contributed by atoms with E-state index < -0.39 is 17.8 Å². The van der Waals surface area contributed by atoms with Gasteiger partial charge in [-0.3, -0.25) is 0 Å². The average molecular weight is 390 g/mol. The molecule has 28 heavy (non-hydrogen) atoms. The summed E-state index contributed by atoms with van der Waals surface area (Å²) >= 11 is 0. The third kappa shape index (κ3) is 4.53. The largest absolute Gasteiger partial charge is 0.491 e. The second kappa shape index (κ2) is 9.49. The zero-order valence-corrected chi connectivity index (χ0v) is 16.7. The summed E-state index contributed by atoms with van der Waals surface area (Å²) in [6.07, 6.45) is 4.55. The van der Waals surface area contributed by atoms with Crippen LogP contribution in [0.25, 0.3) is 11.1 Å². The molecule has 0 saturated heterocycles. The highest BCUT2D eigenvalue weighted by Crippen LogP contribution is 2.40. The molecule has 0 aromatic heterocycles. The van der Waals surface area contributed by atoms with Gasteiger partial charge in [0.25, 0.3) is 6.43 Å². The zero-order chi connectivity index (χ0) is 20.1. The van der Waals surface area contributed by atoms with Crippen molar-refractivity contribution in [3.8, 4) is 16.9 Å². The van der Waals surface area contributed by atoms with Crippen LogP contribution in [0.3, 0.4) is 0 Å². The Bertz CT molecular complexity index is 762. The molecule has 1 aliphatic rings. The molecule has 2 aromatic carbocycles. The predicted molar refractivity (Wildman–Crippen MR) is 108 cm³/mol. The Kier molecular flexibility index (Phi) is 7.03. The maximum atomic E-state index is 14.5. The molecule has 0 N–H and O–H groups in total. The molecule has 0 bridgehead atoms. The van der Waals surface area contributed by atoms with E-state index in [2.05, 4.69) is 6.92 Å². The highest BCUT2D eigenvalue weighted by Gasteiger charge is 2.24. The van der Waals surface area contributed by atoms with Gasteiger partial charge in [0, 0.05) is 0 Å². The molecule has 3 rings (SSSR count). The van der Waals surface area contributed by atoms with Gasteiger partial charge >= 0.3 is 0 Å². The van der Waals surface area contributed by atoms with Crippen molar-refractivity contribution in [1.82, 2.24) is 0 Å². The fourth-order valence-electron chi connectivity index (χ4n) is 4.43. The van der Waals surface area contributed by atoms with E-state index in [0.29, 0.717) is 11.5 Å². The Morgan fingerprint density at radius 2 is 1.64 bits per heavy atom. The monoisotopic (exact) mass is 390 g/mol. The third-order valence-electron chi connectivity index (χ3n) is 5.90. The summed E-state index contributed by atoms with van der Waals surface area (Å²) in [5, 5.41) is 0. The number of hydrogen-bond donors (Lipinski definition) is 0. The fraction of sp³-hybridized carbons (Fsp3) is 0.500. The van der Waals surface area contributed by atoms with Crippen LogP contribution >= 0.6 is 0 Å².